The highest BCUT2D eigenvalue weighted by Gasteiger charge is 2.39. The minimum atomic E-state index is -0.465. The fourth-order valence-corrected chi connectivity index (χ4v) is 3.66. The zero-order chi connectivity index (χ0) is 16.7. The van der Waals surface area contributed by atoms with Crippen LogP contribution in [0.1, 0.15) is 30.8 Å². The summed E-state index contributed by atoms with van der Waals surface area (Å²) in [6, 6.07) is 21.6. The molecular weight excluding hydrogens is 296 g/mol. The third-order valence-corrected chi connectivity index (χ3v) is 4.61. The van der Waals surface area contributed by atoms with Gasteiger partial charge in [0.05, 0.1) is 16.9 Å². The van der Waals surface area contributed by atoms with Gasteiger partial charge in [-0.05, 0) is 37.6 Å². The summed E-state index contributed by atoms with van der Waals surface area (Å²) in [5, 5.41) is 0. The Kier molecular flexibility index (Phi) is 3.24. The van der Waals surface area contributed by atoms with Crippen LogP contribution in [0.4, 0.5) is 0 Å². The van der Waals surface area contributed by atoms with Crippen molar-refractivity contribution in [2.75, 3.05) is 0 Å². The van der Waals surface area contributed by atoms with Crippen LogP contribution in [0.5, 0.6) is 0 Å². The summed E-state index contributed by atoms with van der Waals surface area (Å²) in [4.78, 5) is 17.2. The maximum Gasteiger partial charge on any atom is 0.251 e. The zero-order valence-electron chi connectivity index (χ0n) is 13.7. The van der Waals surface area contributed by atoms with E-state index in [0.717, 1.165) is 28.1 Å². The highest BCUT2D eigenvalue weighted by molar-refractivity contribution is 6.02. The van der Waals surface area contributed by atoms with Gasteiger partial charge in [0.1, 0.15) is 0 Å². The summed E-state index contributed by atoms with van der Waals surface area (Å²) in [6.07, 6.45) is 1.80. The van der Waals surface area contributed by atoms with Crippen molar-refractivity contribution in [1.82, 2.24) is 9.55 Å². The summed E-state index contributed by atoms with van der Waals surface area (Å²) in [6.45, 7) is 4.16. The minimum absolute atomic E-state index is 0.0110. The number of hydrogen-bond donors (Lipinski definition) is 0. The van der Waals surface area contributed by atoms with E-state index in [-0.39, 0.29) is 5.56 Å². The molecule has 0 fully saturated rings. The van der Waals surface area contributed by atoms with Crippen LogP contribution in [0, 0.1) is 0 Å². The number of aromatic nitrogens is 2. The number of allylic oxidation sites excluding steroid dienone is 1. The van der Waals surface area contributed by atoms with E-state index in [2.05, 4.69) is 31.0 Å². The Morgan fingerprint density at radius 2 is 1.62 bits per heavy atom. The summed E-state index contributed by atoms with van der Waals surface area (Å²) in [5.74, 6) is 0. The monoisotopic (exact) mass is 314 g/mol. The Morgan fingerprint density at radius 3 is 2.33 bits per heavy atom. The number of fused-ring (bicyclic) bond motifs is 1. The first-order valence-corrected chi connectivity index (χ1v) is 8.05. The van der Waals surface area contributed by atoms with Crippen molar-refractivity contribution in [3.8, 4) is 0 Å². The molecule has 0 N–H and O–H groups in total. The summed E-state index contributed by atoms with van der Waals surface area (Å²) >= 11 is 0. The Balaban J connectivity index is 2.13. The molecule has 118 valence electrons. The molecule has 24 heavy (non-hydrogen) atoms. The summed E-state index contributed by atoms with van der Waals surface area (Å²) in [5.41, 5.74) is 4.66. The maximum absolute atomic E-state index is 12.6. The normalized spacial score (nSPS) is 15.4. The lowest BCUT2D eigenvalue weighted by molar-refractivity contribution is 0.466. The molecule has 3 heteroatoms. The van der Waals surface area contributed by atoms with Crippen molar-refractivity contribution in [2.24, 2.45) is 0 Å². The molecule has 0 aliphatic carbocycles. The Bertz CT molecular complexity index is 983. The Labute approximate surface area is 140 Å². The van der Waals surface area contributed by atoms with Crippen molar-refractivity contribution in [3.05, 3.63) is 100 Å². The second kappa shape index (κ2) is 5.31. The standard InChI is InChI=1S/C21H18N2O/c1-21(2)20(16-11-6-7-14-22-16)19(15-9-4-3-5-10-15)17-12-8-13-18(24)23(17)21/h3-14H,1-2H3. The van der Waals surface area contributed by atoms with E-state index in [0.29, 0.717) is 0 Å². The molecule has 0 amide bonds. The van der Waals surface area contributed by atoms with Gasteiger partial charge >= 0.3 is 0 Å². The smallest absolute Gasteiger partial charge is 0.251 e. The van der Waals surface area contributed by atoms with Crippen molar-refractivity contribution in [3.63, 3.8) is 0 Å². The van der Waals surface area contributed by atoms with Crippen LogP contribution in [-0.2, 0) is 5.54 Å². The highest BCUT2D eigenvalue weighted by atomic mass is 16.1. The van der Waals surface area contributed by atoms with Gasteiger partial charge in [-0.3, -0.25) is 14.3 Å². The Hall–Kier alpha value is -2.94. The fraction of sp³-hybridized carbons (Fsp3) is 0.143. The molecule has 0 saturated heterocycles. The lowest BCUT2D eigenvalue weighted by Gasteiger charge is -2.26. The van der Waals surface area contributed by atoms with Crippen molar-refractivity contribution in [1.29, 1.82) is 0 Å². The number of pyridine rings is 2. The van der Waals surface area contributed by atoms with Crippen LogP contribution in [0.3, 0.4) is 0 Å². The van der Waals surface area contributed by atoms with E-state index in [1.54, 1.807) is 12.3 Å². The van der Waals surface area contributed by atoms with Gasteiger partial charge in [0.2, 0.25) is 0 Å². The molecule has 0 radical (unpaired) electrons. The maximum atomic E-state index is 12.6. The van der Waals surface area contributed by atoms with E-state index < -0.39 is 5.54 Å². The number of benzene rings is 1. The Morgan fingerprint density at radius 1 is 0.875 bits per heavy atom. The molecule has 4 rings (SSSR count). The van der Waals surface area contributed by atoms with Gasteiger partial charge in [-0.15, -0.1) is 0 Å². The number of rotatable bonds is 2. The van der Waals surface area contributed by atoms with Crippen molar-refractivity contribution >= 4 is 11.1 Å². The molecule has 3 heterocycles. The molecule has 0 atom stereocenters. The zero-order valence-corrected chi connectivity index (χ0v) is 13.7. The van der Waals surface area contributed by atoms with E-state index >= 15 is 0 Å². The van der Waals surface area contributed by atoms with Crippen LogP contribution in [0.25, 0.3) is 11.1 Å². The lowest BCUT2D eigenvalue weighted by atomic mass is 9.87. The predicted molar refractivity (Wildman–Crippen MR) is 96.6 cm³/mol. The van der Waals surface area contributed by atoms with Gasteiger partial charge in [0, 0.05) is 23.4 Å². The van der Waals surface area contributed by atoms with E-state index in [4.69, 9.17) is 0 Å². The second-order valence-corrected chi connectivity index (χ2v) is 6.47. The molecule has 3 aromatic rings. The SMILES string of the molecule is CC1(C)C(c2ccccn2)=C(c2ccccc2)c2cccc(=O)n21. The van der Waals surface area contributed by atoms with E-state index in [1.807, 2.05) is 53.1 Å². The minimum Gasteiger partial charge on any atom is -0.298 e. The first-order valence-electron chi connectivity index (χ1n) is 8.05. The number of hydrogen-bond acceptors (Lipinski definition) is 2. The van der Waals surface area contributed by atoms with E-state index in [1.165, 1.54) is 0 Å². The highest BCUT2D eigenvalue weighted by Crippen LogP contribution is 2.46. The topological polar surface area (TPSA) is 34.9 Å². The number of nitrogens with zero attached hydrogens (tertiary/aromatic N) is 2. The van der Waals surface area contributed by atoms with Crippen LogP contribution >= 0.6 is 0 Å². The van der Waals surface area contributed by atoms with Gasteiger partial charge in [0.25, 0.3) is 5.56 Å². The first kappa shape index (κ1) is 14.6. The van der Waals surface area contributed by atoms with Crippen LogP contribution in [-0.4, -0.2) is 9.55 Å². The van der Waals surface area contributed by atoms with Crippen LogP contribution < -0.4 is 5.56 Å². The van der Waals surface area contributed by atoms with Gasteiger partial charge in [-0.1, -0.05) is 42.5 Å². The summed E-state index contributed by atoms with van der Waals surface area (Å²) in [7, 11) is 0. The van der Waals surface area contributed by atoms with Gasteiger partial charge < -0.3 is 0 Å². The molecule has 1 aliphatic heterocycles. The van der Waals surface area contributed by atoms with Crippen molar-refractivity contribution < 1.29 is 0 Å². The van der Waals surface area contributed by atoms with Gasteiger partial charge in [-0.2, -0.15) is 0 Å². The average Bonchev–Trinajstić information content (AvgIpc) is 2.85. The van der Waals surface area contributed by atoms with Gasteiger partial charge in [0.15, 0.2) is 0 Å². The molecule has 0 bridgehead atoms. The quantitative estimate of drug-likeness (QED) is 0.718. The molecule has 1 aromatic carbocycles. The predicted octanol–water partition coefficient (Wildman–Crippen LogP) is 3.95. The van der Waals surface area contributed by atoms with Crippen molar-refractivity contribution in [2.45, 2.75) is 19.4 Å². The first-order chi connectivity index (χ1) is 11.6. The van der Waals surface area contributed by atoms with E-state index in [9.17, 15) is 4.79 Å². The molecule has 0 saturated carbocycles. The molecule has 0 unspecified atom stereocenters. The molecule has 3 nitrogen and oxygen atoms in total. The third-order valence-electron chi connectivity index (χ3n) is 4.61. The molecule has 0 spiro atoms. The van der Waals surface area contributed by atoms with Crippen LogP contribution in [0.15, 0.2) is 77.7 Å². The average molecular weight is 314 g/mol. The lowest BCUT2D eigenvalue weighted by Crippen LogP contribution is -2.34. The largest absolute Gasteiger partial charge is 0.298 e. The summed E-state index contributed by atoms with van der Waals surface area (Å²) < 4.78 is 1.87. The van der Waals surface area contributed by atoms with Crippen LogP contribution in [0.2, 0.25) is 0 Å². The van der Waals surface area contributed by atoms with Gasteiger partial charge in [-0.25, -0.2) is 0 Å². The second-order valence-electron chi connectivity index (χ2n) is 6.47. The molecule has 1 aliphatic rings. The third kappa shape index (κ3) is 2.05. The molecule has 2 aromatic heterocycles. The molecular formula is C21H18N2O. The fourth-order valence-electron chi connectivity index (χ4n) is 3.66.